The summed E-state index contributed by atoms with van der Waals surface area (Å²) in [5.74, 6) is 0.156. The van der Waals surface area contributed by atoms with Crippen molar-refractivity contribution in [3.8, 4) is 0 Å². The van der Waals surface area contributed by atoms with Crippen LogP contribution in [0.25, 0.3) is 0 Å². The first-order valence-electron chi connectivity index (χ1n) is 17.2. The van der Waals surface area contributed by atoms with Gasteiger partial charge in [0, 0.05) is 17.6 Å². The highest BCUT2D eigenvalue weighted by molar-refractivity contribution is 5.91. The molecule has 1 aromatic carbocycles. The van der Waals surface area contributed by atoms with E-state index in [1.165, 1.54) is 94.6 Å². The second-order valence-electron chi connectivity index (χ2n) is 12.2. The number of amides is 1. The van der Waals surface area contributed by atoms with E-state index in [4.69, 9.17) is 5.73 Å². The number of halogens is 1. The van der Waals surface area contributed by atoms with Crippen molar-refractivity contribution in [3.63, 3.8) is 0 Å². The van der Waals surface area contributed by atoms with E-state index in [0.29, 0.717) is 6.42 Å². The van der Waals surface area contributed by atoms with Crippen LogP contribution in [0.15, 0.2) is 18.2 Å². The van der Waals surface area contributed by atoms with E-state index in [1.807, 2.05) is 0 Å². The van der Waals surface area contributed by atoms with Gasteiger partial charge in [-0.2, -0.15) is 0 Å². The molecule has 1 rings (SSSR count). The normalized spacial score (nSPS) is 11.4. The molecule has 0 radical (unpaired) electrons. The summed E-state index contributed by atoms with van der Waals surface area (Å²) in [4.78, 5) is 12.9. The van der Waals surface area contributed by atoms with Gasteiger partial charge < -0.3 is 11.1 Å². The predicted molar refractivity (Wildman–Crippen MR) is 181 cm³/mol. The van der Waals surface area contributed by atoms with Gasteiger partial charge in [-0.1, -0.05) is 162 Å². The Labute approximate surface area is 256 Å². The van der Waals surface area contributed by atoms with Crippen LogP contribution in [-0.4, -0.2) is 5.91 Å². The lowest BCUT2D eigenvalue weighted by Gasteiger charge is -2.33. The van der Waals surface area contributed by atoms with Crippen molar-refractivity contribution < 1.29 is 4.79 Å². The summed E-state index contributed by atoms with van der Waals surface area (Å²) < 4.78 is 0. The van der Waals surface area contributed by atoms with Gasteiger partial charge in [0.1, 0.15) is 0 Å². The fraction of sp³-hybridized carbons (Fsp3) is 0.806. The molecule has 3 nitrogen and oxygen atoms in total. The molecule has 4 heteroatoms. The molecule has 234 valence electrons. The van der Waals surface area contributed by atoms with E-state index < -0.39 is 0 Å². The smallest absolute Gasteiger partial charge is 0.224 e. The summed E-state index contributed by atoms with van der Waals surface area (Å²) >= 11 is 0. The van der Waals surface area contributed by atoms with Gasteiger partial charge in [0.2, 0.25) is 5.91 Å². The quantitative estimate of drug-likeness (QED) is 0.107. The zero-order valence-corrected chi connectivity index (χ0v) is 27.9. The third kappa shape index (κ3) is 17.0. The van der Waals surface area contributed by atoms with Crippen LogP contribution in [0.4, 0.5) is 5.69 Å². The van der Waals surface area contributed by atoms with E-state index in [2.05, 4.69) is 51.2 Å². The molecule has 0 aliphatic rings. The van der Waals surface area contributed by atoms with E-state index in [1.54, 1.807) is 0 Å². The van der Waals surface area contributed by atoms with E-state index in [-0.39, 0.29) is 23.9 Å². The minimum absolute atomic E-state index is 0. The highest BCUT2D eigenvalue weighted by Gasteiger charge is 2.29. The lowest BCUT2D eigenvalue weighted by molar-refractivity contribution is -0.116. The highest BCUT2D eigenvalue weighted by Crippen LogP contribution is 2.36. The molecule has 40 heavy (non-hydrogen) atoms. The van der Waals surface area contributed by atoms with Crippen LogP contribution in [0.2, 0.25) is 0 Å². The molecular formula is C36H67ClN2O. The molecule has 0 saturated carbocycles. The fourth-order valence-electron chi connectivity index (χ4n) is 5.94. The number of hydrogen-bond donors (Lipinski definition) is 2. The molecule has 0 atom stereocenters. The maximum absolute atomic E-state index is 12.9. The van der Waals surface area contributed by atoms with Gasteiger partial charge in [-0.15, -0.1) is 12.4 Å². The first kappa shape index (κ1) is 38.9. The SMILES string of the molecule is CCCCCCCCCCCCCCCCCC(=O)Nc1cccc(C(N)(CCCC)CCCC)c1CCC.Cl. The van der Waals surface area contributed by atoms with Crippen molar-refractivity contribution in [2.24, 2.45) is 5.73 Å². The molecule has 0 aliphatic heterocycles. The van der Waals surface area contributed by atoms with Crippen molar-refractivity contribution in [3.05, 3.63) is 29.3 Å². The van der Waals surface area contributed by atoms with E-state index in [0.717, 1.165) is 69.9 Å². The van der Waals surface area contributed by atoms with Crippen molar-refractivity contribution in [1.29, 1.82) is 0 Å². The molecule has 0 bridgehead atoms. The Bertz CT molecular complexity index is 728. The summed E-state index contributed by atoms with van der Waals surface area (Å²) in [5, 5.41) is 3.28. The Morgan fingerprint density at radius 2 is 1.10 bits per heavy atom. The molecule has 0 aromatic heterocycles. The van der Waals surface area contributed by atoms with Gasteiger partial charge in [-0.05, 0) is 42.9 Å². The monoisotopic (exact) mass is 578 g/mol. The maximum Gasteiger partial charge on any atom is 0.224 e. The topological polar surface area (TPSA) is 55.1 Å². The Balaban J connectivity index is 0.0000152. The Morgan fingerprint density at radius 3 is 1.55 bits per heavy atom. The standard InChI is InChI=1S/C36H66N2O.ClH/c1-5-9-12-13-14-15-16-17-18-19-20-21-22-23-24-29-35(39)38-34-28-25-27-33(32(34)26-8-4)36(37,30-10-6-2)31-11-7-3;/h25,27-28H,5-24,26,29-31,37H2,1-4H3,(H,38,39);1H. The Morgan fingerprint density at radius 1 is 0.650 bits per heavy atom. The van der Waals surface area contributed by atoms with Crippen molar-refractivity contribution >= 4 is 24.0 Å². The molecule has 0 fully saturated rings. The number of carbonyl (C=O) groups excluding carboxylic acids is 1. The number of unbranched alkanes of at least 4 members (excludes halogenated alkanes) is 16. The number of hydrogen-bond acceptors (Lipinski definition) is 2. The van der Waals surface area contributed by atoms with Gasteiger partial charge in [-0.25, -0.2) is 0 Å². The van der Waals surface area contributed by atoms with Crippen molar-refractivity contribution in [1.82, 2.24) is 0 Å². The van der Waals surface area contributed by atoms with Gasteiger partial charge in [0.05, 0.1) is 0 Å². The molecule has 3 N–H and O–H groups in total. The van der Waals surface area contributed by atoms with Gasteiger partial charge in [0.15, 0.2) is 0 Å². The van der Waals surface area contributed by atoms with Gasteiger partial charge in [0.25, 0.3) is 0 Å². The minimum Gasteiger partial charge on any atom is -0.326 e. The summed E-state index contributed by atoms with van der Waals surface area (Å²) in [5.41, 5.74) is 10.3. The fourth-order valence-corrected chi connectivity index (χ4v) is 5.94. The first-order chi connectivity index (χ1) is 19.0. The summed E-state index contributed by atoms with van der Waals surface area (Å²) in [6, 6.07) is 6.40. The van der Waals surface area contributed by atoms with Gasteiger partial charge in [-0.3, -0.25) is 4.79 Å². The molecule has 0 saturated heterocycles. The van der Waals surface area contributed by atoms with Crippen LogP contribution < -0.4 is 11.1 Å². The van der Waals surface area contributed by atoms with Gasteiger partial charge >= 0.3 is 0 Å². The molecule has 0 spiro atoms. The van der Waals surface area contributed by atoms with E-state index in [9.17, 15) is 4.79 Å². The zero-order valence-electron chi connectivity index (χ0n) is 27.1. The molecule has 1 aromatic rings. The molecule has 0 unspecified atom stereocenters. The average Bonchev–Trinajstić information content (AvgIpc) is 2.94. The van der Waals surface area contributed by atoms with Crippen LogP contribution in [0.1, 0.15) is 187 Å². The molecule has 1 amide bonds. The lowest BCUT2D eigenvalue weighted by Crippen LogP contribution is -2.38. The number of nitrogens with two attached hydrogens (primary N) is 1. The first-order valence-corrected chi connectivity index (χ1v) is 17.2. The average molecular weight is 579 g/mol. The number of benzene rings is 1. The maximum atomic E-state index is 12.9. The summed E-state index contributed by atoms with van der Waals surface area (Å²) in [7, 11) is 0. The van der Waals surface area contributed by atoms with Crippen LogP contribution >= 0.6 is 12.4 Å². The Kier molecular flexibility index (Phi) is 25.0. The second-order valence-corrected chi connectivity index (χ2v) is 12.2. The molecule has 0 aliphatic carbocycles. The van der Waals surface area contributed by atoms with Crippen molar-refractivity contribution in [2.45, 2.75) is 187 Å². The third-order valence-corrected chi connectivity index (χ3v) is 8.45. The zero-order chi connectivity index (χ0) is 28.6. The number of carbonyl (C=O) groups is 1. The minimum atomic E-state index is -0.300. The summed E-state index contributed by atoms with van der Waals surface area (Å²) in [6.07, 6.45) is 29.4. The number of anilines is 1. The number of nitrogens with one attached hydrogen (secondary N) is 1. The third-order valence-electron chi connectivity index (χ3n) is 8.45. The lowest BCUT2D eigenvalue weighted by atomic mass is 9.78. The van der Waals surface area contributed by atoms with Crippen LogP contribution in [0, 0.1) is 0 Å². The molecular weight excluding hydrogens is 512 g/mol. The Hall–Kier alpha value is -1.06. The van der Waals surface area contributed by atoms with Crippen LogP contribution in [0.3, 0.4) is 0 Å². The molecule has 0 heterocycles. The van der Waals surface area contributed by atoms with Crippen LogP contribution in [0.5, 0.6) is 0 Å². The van der Waals surface area contributed by atoms with E-state index >= 15 is 0 Å². The van der Waals surface area contributed by atoms with Crippen molar-refractivity contribution in [2.75, 3.05) is 5.32 Å². The largest absolute Gasteiger partial charge is 0.326 e. The summed E-state index contributed by atoms with van der Waals surface area (Å²) in [6.45, 7) is 8.98. The highest BCUT2D eigenvalue weighted by atomic mass is 35.5. The second kappa shape index (κ2) is 25.6. The predicted octanol–water partition coefficient (Wildman–Crippen LogP) is 11.8. The van der Waals surface area contributed by atoms with Crippen LogP contribution in [-0.2, 0) is 16.8 Å². The number of rotatable bonds is 26.